The van der Waals surface area contributed by atoms with Crippen molar-refractivity contribution in [2.75, 3.05) is 11.9 Å². The minimum Gasteiger partial charge on any atom is -0.345 e. The van der Waals surface area contributed by atoms with Crippen LogP contribution < -0.4 is 15.3 Å². The number of benzene rings is 2. The summed E-state index contributed by atoms with van der Waals surface area (Å²) in [6, 6.07) is 21.1. The highest BCUT2D eigenvalue weighted by atomic mass is 28.3. The van der Waals surface area contributed by atoms with Crippen LogP contribution in [0.3, 0.4) is 0 Å². The molecular weight excluding hydrogens is 246 g/mol. The summed E-state index contributed by atoms with van der Waals surface area (Å²) in [5, 5.41) is 3.35. The Balaban J connectivity index is 2.05. The summed E-state index contributed by atoms with van der Waals surface area (Å²) in [6.07, 6.45) is 2.83. The molecule has 0 bridgehead atoms. The molecule has 96 valence electrons. The van der Waals surface area contributed by atoms with Gasteiger partial charge in [0.15, 0.2) is 0 Å². The maximum absolute atomic E-state index is 2.40. The van der Waals surface area contributed by atoms with Crippen molar-refractivity contribution < 1.29 is 0 Å². The average molecular weight is 265 g/mol. The molecule has 0 amide bonds. The summed E-state index contributed by atoms with van der Waals surface area (Å²) in [5.41, 5.74) is 2.91. The molecule has 2 aromatic carbocycles. The maximum Gasteiger partial charge on any atom is 0.123 e. The van der Waals surface area contributed by atoms with E-state index in [1.807, 2.05) is 0 Å². The first-order chi connectivity index (χ1) is 9.33. The van der Waals surface area contributed by atoms with E-state index in [1.165, 1.54) is 36.3 Å². The van der Waals surface area contributed by atoms with Gasteiger partial charge in [0.1, 0.15) is 8.07 Å². The monoisotopic (exact) mass is 265 g/mol. The van der Waals surface area contributed by atoms with Crippen LogP contribution in [-0.4, -0.2) is 15.1 Å². The van der Waals surface area contributed by atoms with E-state index in [0.29, 0.717) is 0 Å². The molecule has 2 heteroatoms. The topological polar surface area (TPSA) is 3.24 Å². The van der Waals surface area contributed by atoms with Crippen LogP contribution in [0.25, 0.3) is 0 Å². The molecule has 19 heavy (non-hydrogen) atoms. The van der Waals surface area contributed by atoms with Crippen LogP contribution in [0.15, 0.2) is 48.5 Å². The summed E-state index contributed by atoms with van der Waals surface area (Å²) >= 11 is 0. The highest BCUT2D eigenvalue weighted by Gasteiger charge is 2.46. The number of hydrogen-bond acceptors (Lipinski definition) is 1. The summed E-state index contributed by atoms with van der Waals surface area (Å²) < 4.78 is 0. The van der Waals surface area contributed by atoms with Gasteiger partial charge in [-0.1, -0.05) is 49.2 Å². The van der Waals surface area contributed by atoms with Gasteiger partial charge in [-0.25, -0.2) is 0 Å². The second kappa shape index (κ2) is 3.97. The molecule has 1 nitrogen and oxygen atoms in total. The predicted molar refractivity (Wildman–Crippen MR) is 84.8 cm³/mol. The predicted octanol–water partition coefficient (Wildman–Crippen LogP) is 3.12. The lowest BCUT2D eigenvalue weighted by molar-refractivity contribution is 0.935. The summed E-state index contributed by atoms with van der Waals surface area (Å²) in [5.74, 6) is 0. The molecule has 0 radical (unpaired) electrons. The lowest BCUT2D eigenvalue weighted by Crippen LogP contribution is -2.61. The van der Waals surface area contributed by atoms with Crippen LogP contribution in [-0.2, 0) is 0 Å². The smallest absolute Gasteiger partial charge is 0.123 e. The van der Waals surface area contributed by atoms with Crippen molar-refractivity contribution >= 4 is 29.8 Å². The Labute approximate surface area is 115 Å². The van der Waals surface area contributed by atoms with Crippen LogP contribution in [0, 0.1) is 0 Å². The molecule has 0 aromatic heterocycles. The number of nitrogens with zero attached hydrogens (tertiary/aromatic N) is 1. The number of para-hydroxylation sites is 2. The third-order valence-corrected chi connectivity index (χ3v) is 10.3. The Hall–Kier alpha value is -1.54. The third kappa shape index (κ3) is 1.41. The Morgan fingerprint density at radius 1 is 0.789 bits per heavy atom. The van der Waals surface area contributed by atoms with Crippen molar-refractivity contribution in [3.8, 4) is 0 Å². The second-order valence-electron chi connectivity index (χ2n) is 5.88. The molecule has 1 spiro atoms. The van der Waals surface area contributed by atoms with E-state index in [1.54, 1.807) is 10.4 Å². The minimum absolute atomic E-state index is 1.42. The Kier molecular flexibility index (Phi) is 2.36. The molecule has 0 aliphatic carbocycles. The van der Waals surface area contributed by atoms with Gasteiger partial charge >= 0.3 is 0 Å². The fourth-order valence-corrected chi connectivity index (χ4v) is 9.77. The Morgan fingerprint density at radius 2 is 1.26 bits per heavy atom. The molecule has 1 saturated heterocycles. The lowest BCUT2D eigenvalue weighted by atomic mass is 10.2. The number of fused-ring (bicyclic) bond motifs is 4. The average Bonchev–Trinajstić information content (AvgIpc) is 2.96. The first kappa shape index (κ1) is 11.3. The Morgan fingerprint density at radius 3 is 1.79 bits per heavy atom. The molecule has 0 saturated carbocycles. The fourth-order valence-electron chi connectivity index (χ4n) is 4.13. The SMILES string of the molecule is CN1c2ccccc2[Si]2(CCCC2)c2ccccc21. The number of hydrogen-bond donors (Lipinski definition) is 0. The summed E-state index contributed by atoms with van der Waals surface area (Å²) in [6.45, 7) is 0. The molecule has 4 rings (SSSR count). The van der Waals surface area contributed by atoms with E-state index in [4.69, 9.17) is 0 Å². The molecule has 2 heterocycles. The van der Waals surface area contributed by atoms with Gasteiger partial charge in [0.2, 0.25) is 0 Å². The lowest BCUT2D eigenvalue weighted by Gasteiger charge is -2.41. The molecular formula is C17H19NSi. The van der Waals surface area contributed by atoms with Crippen LogP contribution >= 0.6 is 0 Å². The quantitative estimate of drug-likeness (QED) is 0.662. The van der Waals surface area contributed by atoms with Gasteiger partial charge in [0, 0.05) is 18.4 Å². The van der Waals surface area contributed by atoms with Gasteiger partial charge < -0.3 is 4.90 Å². The molecule has 0 atom stereocenters. The van der Waals surface area contributed by atoms with E-state index in [0.717, 1.165) is 0 Å². The zero-order valence-electron chi connectivity index (χ0n) is 11.4. The molecule has 2 aromatic rings. The summed E-state index contributed by atoms with van der Waals surface area (Å²) in [7, 11) is 0.772. The van der Waals surface area contributed by atoms with Crippen LogP contribution in [0.2, 0.25) is 12.1 Å². The zero-order valence-corrected chi connectivity index (χ0v) is 12.4. The van der Waals surface area contributed by atoms with Crippen LogP contribution in [0.1, 0.15) is 12.8 Å². The highest BCUT2D eigenvalue weighted by molar-refractivity contribution is 7.04. The second-order valence-corrected chi connectivity index (χ2v) is 10.1. The van der Waals surface area contributed by atoms with Crippen molar-refractivity contribution in [1.82, 2.24) is 0 Å². The zero-order chi connectivity index (χ0) is 12.9. The van der Waals surface area contributed by atoms with Crippen LogP contribution in [0.4, 0.5) is 11.4 Å². The van der Waals surface area contributed by atoms with E-state index in [9.17, 15) is 0 Å². The van der Waals surface area contributed by atoms with Gasteiger partial charge in [-0.3, -0.25) is 0 Å². The van der Waals surface area contributed by atoms with Crippen molar-refractivity contribution in [2.24, 2.45) is 0 Å². The van der Waals surface area contributed by atoms with E-state index >= 15 is 0 Å². The highest BCUT2D eigenvalue weighted by Crippen LogP contribution is 2.38. The molecule has 1 fully saturated rings. The number of anilines is 2. The minimum atomic E-state index is -1.44. The van der Waals surface area contributed by atoms with Crippen molar-refractivity contribution in [2.45, 2.75) is 24.9 Å². The molecule has 0 unspecified atom stereocenters. The molecule has 2 aliphatic rings. The van der Waals surface area contributed by atoms with E-state index in [2.05, 4.69) is 60.5 Å². The van der Waals surface area contributed by atoms with Gasteiger partial charge in [-0.05, 0) is 34.6 Å². The fraction of sp³-hybridized carbons (Fsp3) is 0.294. The van der Waals surface area contributed by atoms with Gasteiger partial charge in [0.05, 0.1) is 0 Å². The normalized spacial score (nSPS) is 19.3. The molecule has 2 aliphatic heterocycles. The van der Waals surface area contributed by atoms with Gasteiger partial charge in [0.25, 0.3) is 0 Å². The first-order valence-electron chi connectivity index (χ1n) is 7.26. The van der Waals surface area contributed by atoms with Crippen molar-refractivity contribution in [1.29, 1.82) is 0 Å². The van der Waals surface area contributed by atoms with E-state index in [-0.39, 0.29) is 0 Å². The third-order valence-electron chi connectivity index (χ3n) is 5.02. The number of rotatable bonds is 0. The maximum atomic E-state index is 2.40. The van der Waals surface area contributed by atoms with Crippen molar-refractivity contribution in [3.05, 3.63) is 48.5 Å². The standard InChI is InChI=1S/C17H19NSi/c1-18-14-8-2-4-10-16(14)19(12-6-7-13-19)17-11-5-3-9-15(17)18/h2-5,8-11H,6-7,12-13H2,1H3. The largest absolute Gasteiger partial charge is 0.345 e. The Bertz CT molecular complexity index is 579. The first-order valence-corrected chi connectivity index (χ1v) is 9.67. The van der Waals surface area contributed by atoms with Crippen LogP contribution in [0.5, 0.6) is 0 Å². The van der Waals surface area contributed by atoms with Gasteiger partial charge in [-0.15, -0.1) is 0 Å². The summed E-state index contributed by atoms with van der Waals surface area (Å²) in [4.78, 5) is 2.39. The van der Waals surface area contributed by atoms with Crippen molar-refractivity contribution in [3.63, 3.8) is 0 Å². The van der Waals surface area contributed by atoms with Gasteiger partial charge in [-0.2, -0.15) is 0 Å². The van der Waals surface area contributed by atoms with E-state index < -0.39 is 8.07 Å². The molecule has 0 N–H and O–H groups in total.